The molecule has 158 valence electrons. The Bertz CT molecular complexity index is 1090. The lowest BCUT2D eigenvalue weighted by Crippen LogP contribution is -2.43. The SMILES string of the molecule is CC[C@H](C)c1ccc(N2C(=O)c3ccccc3N[C@H]2c2ccc(C(=O)OC)cc2)cc1. The van der Waals surface area contributed by atoms with Crippen molar-refractivity contribution in [1.82, 2.24) is 0 Å². The number of ether oxygens (including phenoxy) is 1. The minimum atomic E-state index is -0.399. The van der Waals surface area contributed by atoms with E-state index in [1.165, 1.54) is 12.7 Å². The highest BCUT2D eigenvalue weighted by atomic mass is 16.5. The molecule has 1 amide bonds. The Kier molecular flexibility index (Phi) is 5.76. The Morgan fingerprint density at radius 3 is 2.35 bits per heavy atom. The number of amides is 1. The molecule has 5 nitrogen and oxygen atoms in total. The first kappa shape index (κ1) is 20.7. The summed E-state index contributed by atoms with van der Waals surface area (Å²) < 4.78 is 4.80. The highest BCUT2D eigenvalue weighted by Gasteiger charge is 2.34. The Hall–Kier alpha value is -3.60. The van der Waals surface area contributed by atoms with Crippen molar-refractivity contribution in [1.29, 1.82) is 0 Å². The van der Waals surface area contributed by atoms with Gasteiger partial charge in [0, 0.05) is 11.4 Å². The third-order valence-corrected chi connectivity index (χ3v) is 5.93. The number of nitrogens with zero attached hydrogens (tertiary/aromatic N) is 1. The molecule has 2 atom stereocenters. The highest BCUT2D eigenvalue weighted by Crippen LogP contribution is 2.37. The predicted octanol–water partition coefficient (Wildman–Crippen LogP) is 5.76. The quantitative estimate of drug-likeness (QED) is 0.540. The van der Waals surface area contributed by atoms with Crippen LogP contribution in [-0.2, 0) is 4.74 Å². The second-order valence-electron chi connectivity index (χ2n) is 7.78. The fourth-order valence-corrected chi connectivity index (χ4v) is 3.87. The van der Waals surface area contributed by atoms with Crippen molar-refractivity contribution in [3.05, 3.63) is 95.1 Å². The van der Waals surface area contributed by atoms with Gasteiger partial charge in [-0.15, -0.1) is 0 Å². The molecule has 4 rings (SSSR count). The number of esters is 1. The van der Waals surface area contributed by atoms with E-state index in [0.717, 1.165) is 23.4 Å². The van der Waals surface area contributed by atoms with E-state index in [4.69, 9.17) is 4.74 Å². The molecule has 3 aromatic carbocycles. The maximum Gasteiger partial charge on any atom is 0.337 e. The van der Waals surface area contributed by atoms with Crippen LogP contribution in [-0.4, -0.2) is 19.0 Å². The molecule has 0 radical (unpaired) electrons. The molecule has 1 N–H and O–H groups in total. The van der Waals surface area contributed by atoms with E-state index in [1.54, 1.807) is 17.0 Å². The first-order chi connectivity index (χ1) is 15.0. The van der Waals surface area contributed by atoms with Crippen LogP contribution in [0.25, 0.3) is 0 Å². The van der Waals surface area contributed by atoms with Crippen LogP contribution in [0.15, 0.2) is 72.8 Å². The Morgan fingerprint density at radius 1 is 1.03 bits per heavy atom. The van der Waals surface area contributed by atoms with E-state index in [0.29, 0.717) is 17.0 Å². The van der Waals surface area contributed by atoms with Crippen molar-refractivity contribution in [3.8, 4) is 0 Å². The van der Waals surface area contributed by atoms with Crippen molar-refractivity contribution >= 4 is 23.3 Å². The van der Waals surface area contributed by atoms with E-state index >= 15 is 0 Å². The summed E-state index contributed by atoms with van der Waals surface area (Å²) in [7, 11) is 1.36. The fraction of sp³-hybridized carbons (Fsp3) is 0.231. The molecule has 0 aromatic heterocycles. The van der Waals surface area contributed by atoms with E-state index in [2.05, 4.69) is 31.3 Å². The maximum atomic E-state index is 13.5. The zero-order valence-electron chi connectivity index (χ0n) is 18.0. The number of carbonyl (C=O) groups is 2. The van der Waals surface area contributed by atoms with Gasteiger partial charge in [-0.25, -0.2) is 4.79 Å². The van der Waals surface area contributed by atoms with Crippen molar-refractivity contribution in [2.45, 2.75) is 32.4 Å². The summed E-state index contributed by atoms with van der Waals surface area (Å²) >= 11 is 0. The average Bonchev–Trinajstić information content (AvgIpc) is 2.83. The van der Waals surface area contributed by atoms with Gasteiger partial charge in [0.05, 0.1) is 18.2 Å². The van der Waals surface area contributed by atoms with Gasteiger partial charge < -0.3 is 10.1 Å². The number of benzene rings is 3. The maximum absolute atomic E-state index is 13.5. The number of methoxy groups -OCH3 is 1. The standard InChI is InChI=1S/C26H26N2O3/c1-4-17(2)18-13-15-21(16-14-18)28-24(19-9-11-20(12-10-19)26(30)31-3)27-23-8-6-5-7-22(23)25(28)29/h5-17,24,27H,4H2,1-3H3/t17-,24+/m0/s1. The van der Waals surface area contributed by atoms with Gasteiger partial charge in [-0.05, 0) is 59.9 Å². The van der Waals surface area contributed by atoms with Gasteiger partial charge in [0.1, 0.15) is 6.17 Å². The van der Waals surface area contributed by atoms with Gasteiger partial charge in [-0.2, -0.15) is 0 Å². The van der Waals surface area contributed by atoms with Crippen LogP contribution in [0.4, 0.5) is 11.4 Å². The second-order valence-corrected chi connectivity index (χ2v) is 7.78. The van der Waals surface area contributed by atoms with Crippen molar-refractivity contribution in [3.63, 3.8) is 0 Å². The van der Waals surface area contributed by atoms with Crippen molar-refractivity contribution in [2.24, 2.45) is 0 Å². The van der Waals surface area contributed by atoms with Gasteiger partial charge >= 0.3 is 5.97 Å². The summed E-state index contributed by atoms with van der Waals surface area (Å²) in [5, 5.41) is 3.49. The molecule has 0 bridgehead atoms. The zero-order chi connectivity index (χ0) is 22.0. The summed E-state index contributed by atoms with van der Waals surface area (Å²) in [6.07, 6.45) is 0.662. The molecule has 31 heavy (non-hydrogen) atoms. The zero-order valence-corrected chi connectivity index (χ0v) is 18.0. The average molecular weight is 415 g/mol. The molecule has 1 heterocycles. The number of para-hydroxylation sites is 1. The van der Waals surface area contributed by atoms with Crippen LogP contribution in [0.3, 0.4) is 0 Å². The third-order valence-electron chi connectivity index (χ3n) is 5.93. The minimum Gasteiger partial charge on any atom is -0.465 e. The molecule has 1 aliphatic heterocycles. The summed E-state index contributed by atoms with van der Waals surface area (Å²) in [6, 6.07) is 22.9. The van der Waals surface area contributed by atoms with Gasteiger partial charge in [0.2, 0.25) is 0 Å². The molecular formula is C26H26N2O3. The van der Waals surface area contributed by atoms with Crippen LogP contribution >= 0.6 is 0 Å². The lowest BCUT2D eigenvalue weighted by molar-refractivity contribution is 0.0600. The van der Waals surface area contributed by atoms with Crippen molar-refractivity contribution in [2.75, 3.05) is 17.3 Å². The number of hydrogen-bond donors (Lipinski definition) is 1. The number of hydrogen-bond acceptors (Lipinski definition) is 4. The van der Waals surface area contributed by atoms with E-state index < -0.39 is 6.17 Å². The number of nitrogens with one attached hydrogen (secondary N) is 1. The normalized spacial score (nSPS) is 16.3. The third kappa shape index (κ3) is 3.91. The number of rotatable bonds is 5. The monoisotopic (exact) mass is 414 g/mol. The first-order valence-corrected chi connectivity index (χ1v) is 10.5. The van der Waals surface area contributed by atoms with Gasteiger partial charge in [-0.1, -0.05) is 50.2 Å². The van der Waals surface area contributed by atoms with Gasteiger partial charge in [-0.3, -0.25) is 9.69 Å². The molecule has 5 heteroatoms. The van der Waals surface area contributed by atoms with Gasteiger partial charge in [0.15, 0.2) is 0 Å². The van der Waals surface area contributed by atoms with Gasteiger partial charge in [0.25, 0.3) is 5.91 Å². The van der Waals surface area contributed by atoms with Crippen LogP contribution in [0.2, 0.25) is 0 Å². The lowest BCUT2D eigenvalue weighted by atomic mass is 9.97. The molecule has 0 aliphatic carbocycles. The van der Waals surface area contributed by atoms with Crippen LogP contribution < -0.4 is 10.2 Å². The Morgan fingerprint density at radius 2 is 1.71 bits per heavy atom. The molecular weight excluding hydrogens is 388 g/mol. The predicted molar refractivity (Wildman–Crippen MR) is 123 cm³/mol. The molecule has 0 fully saturated rings. The van der Waals surface area contributed by atoms with E-state index in [1.807, 2.05) is 48.5 Å². The van der Waals surface area contributed by atoms with Crippen LogP contribution in [0.1, 0.15) is 64.2 Å². The molecule has 1 aliphatic rings. The molecule has 3 aromatic rings. The molecule has 0 saturated heterocycles. The summed E-state index contributed by atoms with van der Waals surface area (Å²) in [5.74, 6) is 0.0152. The largest absolute Gasteiger partial charge is 0.465 e. The molecule has 0 unspecified atom stereocenters. The Balaban J connectivity index is 1.76. The van der Waals surface area contributed by atoms with Crippen LogP contribution in [0.5, 0.6) is 0 Å². The number of carbonyl (C=O) groups excluding carboxylic acids is 2. The number of fused-ring (bicyclic) bond motifs is 1. The fourth-order valence-electron chi connectivity index (χ4n) is 3.87. The molecule has 0 saturated carbocycles. The first-order valence-electron chi connectivity index (χ1n) is 10.5. The van der Waals surface area contributed by atoms with Crippen molar-refractivity contribution < 1.29 is 14.3 Å². The van der Waals surface area contributed by atoms with E-state index in [-0.39, 0.29) is 11.9 Å². The summed E-state index contributed by atoms with van der Waals surface area (Å²) in [6.45, 7) is 4.37. The molecule has 0 spiro atoms. The number of anilines is 2. The Labute approximate surface area is 182 Å². The van der Waals surface area contributed by atoms with Crippen LogP contribution in [0, 0.1) is 0 Å². The second kappa shape index (κ2) is 8.64. The topological polar surface area (TPSA) is 58.6 Å². The summed E-state index contributed by atoms with van der Waals surface area (Å²) in [5.41, 5.74) is 4.85. The smallest absolute Gasteiger partial charge is 0.337 e. The minimum absolute atomic E-state index is 0.0623. The lowest BCUT2D eigenvalue weighted by Gasteiger charge is -2.38. The highest BCUT2D eigenvalue weighted by molar-refractivity contribution is 6.12. The summed E-state index contributed by atoms with van der Waals surface area (Å²) in [4.78, 5) is 27.1. The van der Waals surface area contributed by atoms with E-state index in [9.17, 15) is 9.59 Å².